The van der Waals surface area contributed by atoms with E-state index in [1.54, 1.807) is 13.1 Å². The molecule has 0 radical (unpaired) electrons. The second-order valence-electron chi connectivity index (χ2n) is 3.65. The van der Waals surface area contributed by atoms with Crippen LogP contribution >= 0.6 is 0 Å². The zero-order valence-corrected chi connectivity index (χ0v) is 9.65. The number of nitrogens with one attached hydrogen (secondary N) is 1. The Morgan fingerprint density at radius 1 is 1.28 bits per heavy atom. The summed E-state index contributed by atoms with van der Waals surface area (Å²) in [6.45, 7) is 1.79. The summed E-state index contributed by atoms with van der Waals surface area (Å²) in [4.78, 5) is 7.29. The Labute approximate surface area is 101 Å². The molecule has 8 heteroatoms. The zero-order chi connectivity index (χ0) is 13.3. The van der Waals surface area contributed by atoms with Gasteiger partial charge in [0.25, 0.3) is 0 Å². The van der Waals surface area contributed by atoms with Crippen molar-refractivity contribution in [3.63, 3.8) is 0 Å². The minimum Gasteiger partial charge on any atom is -0.357 e. The summed E-state index contributed by atoms with van der Waals surface area (Å²) >= 11 is 0. The number of aryl methyl sites for hydroxylation is 1. The smallest absolute Gasteiger partial charge is 0.357 e. The SMILES string of the molecule is CNc1nc(-n2cc(C)cn2)cc(C(F)(F)F)n1. The van der Waals surface area contributed by atoms with Gasteiger partial charge in [-0.1, -0.05) is 0 Å². The molecule has 2 aromatic rings. The van der Waals surface area contributed by atoms with E-state index in [1.165, 1.54) is 17.9 Å². The highest BCUT2D eigenvalue weighted by Crippen LogP contribution is 2.29. The van der Waals surface area contributed by atoms with Crippen LogP contribution in [-0.4, -0.2) is 26.8 Å². The maximum absolute atomic E-state index is 12.7. The van der Waals surface area contributed by atoms with Crippen LogP contribution in [0.2, 0.25) is 0 Å². The fourth-order valence-electron chi connectivity index (χ4n) is 1.35. The summed E-state index contributed by atoms with van der Waals surface area (Å²) in [7, 11) is 1.45. The molecule has 0 unspecified atom stereocenters. The summed E-state index contributed by atoms with van der Waals surface area (Å²) in [6, 6.07) is 0.854. The normalized spacial score (nSPS) is 11.6. The predicted molar refractivity (Wildman–Crippen MR) is 58.4 cm³/mol. The van der Waals surface area contributed by atoms with Gasteiger partial charge in [-0.2, -0.15) is 23.3 Å². The van der Waals surface area contributed by atoms with Gasteiger partial charge in [0.05, 0.1) is 6.20 Å². The van der Waals surface area contributed by atoms with Gasteiger partial charge in [0.15, 0.2) is 11.5 Å². The van der Waals surface area contributed by atoms with Crippen molar-refractivity contribution in [3.8, 4) is 5.82 Å². The van der Waals surface area contributed by atoms with Crippen LogP contribution < -0.4 is 5.32 Å². The number of alkyl halides is 3. The van der Waals surface area contributed by atoms with E-state index in [0.29, 0.717) is 0 Å². The fraction of sp³-hybridized carbons (Fsp3) is 0.300. The van der Waals surface area contributed by atoms with Crippen LogP contribution in [0.1, 0.15) is 11.3 Å². The summed E-state index contributed by atoms with van der Waals surface area (Å²) in [5, 5.41) is 6.41. The molecule has 0 aliphatic rings. The highest BCUT2D eigenvalue weighted by molar-refractivity contribution is 5.35. The number of hydrogen-bond donors (Lipinski definition) is 1. The van der Waals surface area contributed by atoms with E-state index in [9.17, 15) is 13.2 Å². The van der Waals surface area contributed by atoms with Gasteiger partial charge in [-0.3, -0.25) is 0 Å². The molecule has 0 aromatic carbocycles. The Bertz CT molecular complexity index is 561. The maximum Gasteiger partial charge on any atom is 0.433 e. The first-order valence-electron chi connectivity index (χ1n) is 5.06. The van der Waals surface area contributed by atoms with Crippen LogP contribution in [0, 0.1) is 6.92 Å². The molecule has 0 saturated carbocycles. The summed E-state index contributed by atoms with van der Waals surface area (Å²) < 4.78 is 39.2. The summed E-state index contributed by atoms with van der Waals surface area (Å²) in [6.07, 6.45) is -1.40. The third kappa shape index (κ3) is 2.41. The molecule has 0 aliphatic carbocycles. The van der Waals surface area contributed by atoms with Gasteiger partial charge >= 0.3 is 6.18 Å². The number of nitrogens with zero attached hydrogens (tertiary/aromatic N) is 4. The van der Waals surface area contributed by atoms with Crippen molar-refractivity contribution >= 4 is 5.95 Å². The molecule has 0 saturated heterocycles. The lowest BCUT2D eigenvalue weighted by Crippen LogP contribution is -2.13. The molecule has 96 valence electrons. The molecule has 0 fully saturated rings. The standard InChI is InChI=1S/C10H10F3N5/c1-6-4-15-18(5-6)8-3-7(10(11,12)13)16-9(14-2)17-8/h3-5H,1-2H3,(H,14,16,17). The quantitative estimate of drug-likeness (QED) is 0.894. The zero-order valence-electron chi connectivity index (χ0n) is 9.65. The van der Waals surface area contributed by atoms with Gasteiger partial charge < -0.3 is 5.32 Å². The molecule has 18 heavy (non-hydrogen) atoms. The minimum atomic E-state index is -4.52. The van der Waals surface area contributed by atoms with E-state index in [1.807, 2.05) is 0 Å². The van der Waals surface area contributed by atoms with Crippen LogP contribution in [-0.2, 0) is 6.18 Å². The molecule has 5 nitrogen and oxygen atoms in total. The Morgan fingerprint density at radius 3 is 2.50 bits per heavy atom. The van der Waals surface area contributed by atoms with E-state index in [0.717, 1.165) is 11.6 Å². The lowest BCUT2D eigenvalue weighted by Gasteiger charge is -2.09. The van der Waals surface area contributed by atoms with E-state index in [2.05, 4.69) is 20.4 Å². The van der Waals surface area contributed by atoms with Crippen molar-refractivity contribution in [2.75, 3.05) is 12.4 Å². The van der Waals surface area contributed by atoms with Gasteiger partial charge in [-0.05, 0) is 12.5 Å². The third-order valence-corrected chi connectivity index (χ3v) is 2.17. The van der Waals surface area contributed by atoms with Crippen molar-refractivity contribution < 1.29 is 13.2 Å². The molecule has 2 heterocycles. The average molecular weight is 257 g/mol. The third-order valence-electron chi connectivity index (χ3n) is 2.17. The number of rotatable bonds is 2. The van der Waals surface area contributed by atoms with Gasteiger partial charge in [0.1, 0.15) is 0 Å². The van der Waals surface area contributed by atoms with Gasteiger partial charge in [-0.25, -0.2) is 9.67 Å². The fourth-order valence-corrected chi connectivity index (χ4v) is 1.35. The first-order chi connectivity index (χ1) is 8.40. The number of hydrogen-bond acceptors (Lipinski definition) is 4. The number of halogens is 3. The first-order valence-corrected chi connectivity index (χ1v) is 5.06. The number of anilines is 1. The monoisotopic (exact) mass is 257 g/mol. The molecular formula is C10H10F3N5. The number of aromatic nitrogens is 4. The lowest BCUT2D eigenvalue weighted by molar-refractivity contribution is -0.141. The highest BCUT2D eigenvalue weighted by atomic mass is 19.4. The second-order valence-corrected chi connectivity index (χ2v) is 3.65. The molecule has 0 aliphatic heterocycles. The Kier molecular flexibility index (Phi) is 2.93. The molecule has 0 spiro atoms. The van der Waals surface area contributed by atoms with Crippen LogP contribution in [0.15, 0.2) is 18.5 Å². The van der Waals surface area contributed by atoms with Gasteiger partial charge in [0.2, 0.25) is 5.95 Å². The van der Waals surface area contributed by atoms with E-state index in [4.69, 9.17) is 0 Å². The highest BCUT2D eigenvalue weighted by Gasteiger charge is 2.33. The first kappa shape index (κ1) is 12.3. The lowest BCUT2D eigenvalue weighted by atomic mass is 10.3. The van der Waals surface area contributed by atoms with Crippen LogP contribution in [0.25, 0.3) is 5.82 Å². The average Bonchev–Trinajstić information content (AvgIpc) is 2.74. The van der Waals surface area contributed by atoms with Gasteiger partial charge in [-0.15, -0.1) is 0 Å². The summed E-state index contributed by atoms with van der Waals surface area (Å²) in [5.41, 5.74) is -0.182. The van der Waals surface area contributed by atoms with Crippen molar-refractivity contribution in [3.05, 3.63) is 29.7 Å². The predicted octanol–water partition coefficient (Wildman–Crippen LogP) is 2.03. The van der Waals surface area contributed by atoms with Crippen LogP contribution in [0.3, 0.4) is 0 Å². The second kappa shape index (κ2) is 4.28. The van der Waals surface area contributed by atoms with Crippen LogP contribution in [0.5, 0.6) is 0 Å². The Morgan fingerprint density at radius 2 is 2.00 bits per heavy atom. The van der Waals surface area contributed by atoms with Crippen molar-refractivity contribution in [1.82, 2.24) is 19.7 Å². The van der Waals surface area contributed by atoms with Crippen LogP contribution in [0.4, 0.5) is 19.1 Å². The van der Waals surface area contributed by atoms with Gasteiger partial charge in [0, 0.05) is 19.3 Å². The molecule has 2 rings (SSSR count). The minimum absolute atomic E-state index is 0.0646. The Hall–Kier alpha value is -2.12. The van der Waals surface area contributed by atoms with E-state index in [-0.39, 0.29) is 11.8 Å². The molecule has 0 atom stereocenters. The topological polar surface area (TPSA) is 55.6 Å². The van der Waals surface area contributed by atoms with Crippen molar-refractivity contribution in [2.45, 2.75) is 13.1 Å². The van der Waals surface area contributed by atoms with E-state index < -0.39 is 11.9 Å². The molecule has 0 bridgehead atoms. The van der Waals surface area contributed by atoms with E-state index >= 15 is 0 Å². The largest absolute Gasteiger partial charge is 0.433 e. The summed E-state index contributed by atoms with van der Waals surface area (Å²) in [5.74, 6) is -0.0391. The Balaban J connectivity index is 2.54. The van der Waals surface area contributed by atoms with Crippen molar-refractivity contribution in [2.24, 2.45) is 0 Å². The molecular weight excluding hydrogens is 247 g/mol. The molecule has 0 amide bonds. The van der Waals surface area contributed by atoms with Crippen molar-refractivity contribution in [1.29, 1.82) is 0 Å². The molecule has 1 N–H and O–H groups in total. The maximum atomic E-state index is 12.7. The molecule has 2 aromatic heterocycles.